The number of methoxy groups -OCH3 is 1. The van der Waals surface area contributed by atoms with E-state index in [1.807, 2.05) is 24.3 Å². The van der Waals surface area contributed by atoms with Crippen molar-refractivity contribution in [2.75, 3.05) is 12.4 Å². The molecule has 0 saturated heterocycles. The number of tetrazole rings is 1. The quantitative estimate of drug-likeness (QED) is 0.499. The average Bonchev–Trinajstić information content (AvgIpc) is 3.39. The molecule has 8 nitrogen and oxygen atoms in total. The Morgan fingerprint density at radius 1 is 1.37 bits per heavy atom. The normalized spacial score (nSPS) is 15.7. The Hall–Kier alpha value is -3.33. The van der Waals surface area contributed by atoms with Crippen LogP contribution in [0.4, 0.5) is 5.00 Å². The number of thiophene rings is 1. The molecule has 0 saturated carbocycles. The summed E-state index contributed by atoms with van der Waals surface area (Å²) in [4.78, 5) is 26.1. The summed E-state index contributed by atoms with van der Waals surface area (Å²) in [7, 11) is 1.36. The molecule has 1 unspecified atom stereocenters. The second kappa shape index (κ2) is 8.58. The van der Waals surface area contributed by atoms with Crippen LogP contribution in [-0.2, 0) is 22.4 Å². The highest BCUT2D eigenvalue weighted by Gasteiger charge is 2.28. The summed E-state index contributed by atoms with van der Waals surface area (Å²) in [6.07, 6.45) is 7.42. The zero-order valence-electron chi connectivity index (χ0n) is 16.7. The molecule has 1 amide bonds. The Morgan fingerprint density at radius 3 is 3.00 bits per heavy atom. The summed E-state index contributed by atoms with van der Waals surface area (Å²) in [5, 5.41) is 14.5. The number of fused-ring (bicyclic) bond motifs is 1. The molecule has 30 heavy (non-hydrogen) atoms. The summed E-state index contributed by atoms with van der Waals surface area (Å²) in [5.41, 5.74) is 3.12. The van der Waals surface area contributed by atoms with Crippen molar-refractivity contribution in [1.29, 1.82) is 0 Å². The van der Waals surface area contributed by atoms with E-state index in [0.717, 1.165) is 41.0 Å². The second-order valence-corrected chi connectivity index (χ2v) is 8.32. The van der Waals surface area contributed by atoms with Gasteiger partial charge in [-0.1, -0.05) is 19.1 Å². The van der Waals surface area contributed by atoms with Gasteiger partial charge in [0.05, 0.1) is 18.4 Å². The van der Waals surface area contributed by atoms with Crippen LogP contribution in [0.3, 0.4) is 0 Å². The highest BCUT2D eigenvalue weighted by molar-refractivity contribution is 7.17. The number of anilines is 1. The van der Waals surface area contributed by atoms with Crippen LogP contribution >= 0.6 is 11.3 Å². The molecule has 0 aliphatic heterocycles. The first-order valence-corrected chi connectivity index (χ1v) is 10.4. The first-order valence-electron chi connectivity index (χ1n) is 9.60. The Bertz CT molecular complexity index is 1100. The number of carbonyl (C=O) groups is 2. The fraction of sp³-hybridized carbons (Fsp3) is 0.286. The van der Waals surface area contributed by atoms with Gasteiger partial charge in [0.15, 0.2) is 0 Å². The van der Waals surface area contributed by atoms with Gasteiger partial charge >= 0.3 is 5.97 Å². The van der Waals surface area contributed by atoms with Crippen molar-refractivity contribution in [3.05, 3.63) is 58.2 Å². The Morgan fingerprint density at radius 2 is 2.23 bits per heavy atom. The number of carbonyl (C=O) groups excluding carboxylic acids is 2. The van der Waals surface area contributed by atoms with Gasteiger partial charge in [0.1, 0.15) is 11.3 Å². The van der Waals surface area contributed by atoms with Gasteiger partial charge in [-0.25, -0.2) is 9.48 Å². The first-order chi connectivity index (χ1) is 14.5. The minimum Gasteiger partial charge on any atom is -0.465 e. The number of amides is 1. The molecule has 2 heterocycles. The van der Waals surface area contributed by atoms with Crippen LogP contribution in [0.15, 0.2) is 36.7 Å². The molecular weight excluding hydrogens is 402 g/mol. The third kappa shape index (κ3) is 4.16. The molecule has 1 aromatic carbocycles. The lowest BCUT2D eigenvalue weighted by Gasteiger charge is -2.18. The van der Waals surface area contributed by atoms with Gasteiger partial charge < -0.3 is 10.1 Å². The predicted octanol–water partition coefficient (Wildman–Crippen LogP) is 3.29. The fourth-order valence-electron chi connectivity index (χ4n) is 3.53. The number of hydrogen-bond acceptors (Lipinski definition) is 7. The first kappa shape index (κ1) is 20.0. The van der Waals surface area contributed by atoms with Gasteiger partial charge in [-0.15, -0.1) is 16.4 Å². The molecule has 1 aliphatic carbocycles. The van der Waals surface area contributed by atoms with Crippen molar-refractivity contribution in [3.8, 4) is 5.69 Å². The molecular formula is C21H21N5O3S. The van der Waals surface area contributed by atoms with Gasteiger partial charge in [-0.3, -0.25) is 4.79 Å². The molecule has 154 valence electrons. The van der Waals surface area contributed by atoms with E-state index in [4.69, 9.17) is 4.74 Å². The molecule has 3 aromatic rings. The van der Waals surface area contributed by atoms with Crippen LogP contribution in [0.2, 0.25) is 0 Å². The number of esters is 1. The maximum atomic E-state index is 12.6. The number of aromatic nitrogens is 4. The highest BCUT2D eigenvalue weighted by atomic mass is 32.1. The Balaban J connectivity index is 1.53. The molecule has 9 heteroatoms. The lowest BCUT2D eigenvalue weighted by atomic mass is 9.88. The van der Waals surface area contributed by atoms with E-state index >= 15 is 0 Å². The van der Waals surface area contributed by atoms with Gasteiger partial charge in [-0.05, 0) is 64.9 Å². The SMILES string of the molecule is COC(=O)c1c(NC(=O)/C=C/c2cccc(-n3cnnn3)c2)sc2c1CCC(C)C2. The molecule has 1 aliphatic rings. The second-order valence-electron chi connectivity index (χ2n) is 7.22. The van der Waals surface area contributed by atoms with Crippen molar-refractivity contribution >= 4 is 34.3 Å². The fourth-order valence-corrected chi connectivity index (χ4v) is 4.93. The van der Waals surface area contributed by atoms with E-state index in [-0.39, 0.29) is 5.91 Å². The third-order valence-corrected chi connectivity index (χ3v) is 6.22. The van der Waals surface area contributed by atoms with Gasteiger partial charge in [0.2, 0.25) is 5.91 Å². The number of ether oxygens (including phenoxy) is 1. The molecule has 4 rings (SSSR count). The number of rotatable bonds is 5. The molecule has 0 spiro atoms. The minimum absolute atomic E-state index is 0.306. The maximum absolute atomic E-state index is 12.6. The van der Waals surface area contributed by atoms with Crippen molar-refractivity contribution in [2.24, 2.45) is 5.92 Å². The van der Waals surface area contributed by atoms with E-state index in [9.17, 15) is 9.59 Å². The van der Waals surface area contributed by atoms with Crippen LogP contribution in [0, 0.1) is 5.92 Å². The molecule has 0 radical (unpaired) electrons. The summed E-state index contributed by atoms with van der Waals surface area (Å²) in [5.74, 6) is -0.146. The number of benzene rings is 1. The minimum atomic E-state index is -0.407. The van der Waals surface area contributed by atoms with Crippen molar-refractivity contribution < 1.29 is 14.3 Å². The Labute approximate surface area is 177 Å². The zero-order valence-corrected chi connectivity index (χ0v) is 17.5. The van der Waals surface area contributed by atoms with E-state index in [2.05, 4.69) is 27.8 Å². The molecule has 0 fully saturated rings. The maximum Gasteiger partial charge on any atom is 0.341 e. The van der Waals surface area contributed by atoms with E-state index < -0.39 is 5.97 Å². The van der Waals surface area contributed by atoms with Crippen molar-refractivity contribution in [1.82, 2.24) is 20.2 Å². The van der Waals surface area contributed by atoms with E-state index in [1.54, 1.807) is 6.08 Å². The zero-order chi connectivity index (χ0) is 21.1. The number of nitrogens with one attached hydrogen (secondary N) is 1. The molecule has 2 aromatic heterocycles. The van der Waals surface area contributed by atoms with Crippen molar-refractivity contribution in [2.45, 2.75) is 26.2 Å². The summed E-state index contributed by atoms with van der Waals surface area (Å²) in [6, 6.07) is 7.47. The number of hydrogen-bond donors (Lipinski definition) is 1. The van der Waals surface area contributed by atoms with Crippen LogP contribution < -0.4 is 5.32 Å². The van der Waals surface area contributed by atoms with E-state index in [0.29, 0.717) is 16.5 Å². The Kier molecular flexibility index (Phi) is 5.71. The van der Waals surface area contributed by atoms with Gasteiger partial charge in [0.25, 0.3) is 0 Å². The number of nitrogens with zero attached hydrogens (tertiary/aromatic N) is 4. The smallest absolute Gasteiger partial charge is 0.341 e. The van der Waals surface area contributed by atoms with Crippen LogP contribution in [0.25, 0.3) is 11.8 Å². The molecule has 1 N–H and O–H groups in total. The summed E-state index contributed by atoms with van der Waals surface area (Å²) < 4.78 is 6.51. The largest absolute Gasteiger partial charge is 0.465 e. The predicted molar refractivity (Wildman–Crippen MR) is 114 cm³/mol. The highest BCUT2D eigenvalue weighted by Crippen LogP contribution is 2.40. The molecule has 0 bridgehead atoms. The van der Waals surface area contributed by atoms with Gasteiger partial charge in [0, 0.05) is 11.0 Å². The lowest BCUT2D eigenvalue weighted by molar-refractivity contribution is -0.111. The lowest BCUT2D eigenvalue weighted by Crippen LogP contribution is -2.14. The standard InChI is InChI=1S/C21H21N5O3S/c1-13-6-8-16-17(10-13)30-20(19(16)21(28)29-2)23-18(27)9-7-14-4-3-5-15(11-14)26-12-22-24-25-26/h3-5,7,9,11-13H,6,8,10H2,1-2H3,(H,23,27)/b9-7+. The monoisotopic (exact) mass is 423 g/mol. The summed E-state index contributed by atoms with van der Waals surface area (Å²) in [6.45, 7) is 2.20. The van der Waals surface area contributed by atoms with Crippen LogP contribution in [0.1, 0.15) is 39.7 Å². The van der Waals surface area contributed by atoms with Gasteiger partial charge in [-0.2, -0.15) is 0 Å². The topological polar surface area (TPSA) is 99.0 Å². The van der Waals surface area contributed by atoms with Crippen LogP contribution in [0.5, 0.6) is 0 Å². The van der Waals surface area contributed by atoms with Crippen molar-refractivity contribution in [3.63, 3.8) is 0 Å². The average molecular weight is 423 g/mol. The van der Waals surface area contributed by atoms with E-state index in [1.165, 1.54) is 35.5 Å². The van der Waals surface area contributed by atoms with Crippen LogP contribution in [-0.4, -0.2) is 39.2 Å². The summed E-state index contributed by atoms with van der Waals surface area (Å²) >= 11 is 1.47. The molecule has 1 atom stereocenters. The third-order valence-electron chi connectivity index (χ3n) is 5.05.